The number of ether oxygens (including phenoxy) is 1. The van der Waals surface area contributed by atoms with Gasteiger partial charge in [-0.25, -0.2) is 8.42 Å². The first kappa shape index (κ1) is 15.7. The van der Waals surface area contributed by atoms with Gasteiger partial charge in [-0.2, -0.15) is 0 Å². The number of hydrogen-bond donors (Lipinski definition) is 0. The molecule has 5 heteroatoms. The standard InChI is InChI=1S/C14H20O4S/c1-4-5-8-19(16,17)10-13(15)12-7-6-11(2)9-14(12)18-3/h6-7,9H,4-5,8,10H2,1-3H3. The normalized spacial score (nSPS) is 11.3. The fourth-order valence-electron chi connectivity index (χ4n) is 1.74. The van der Waals surface area contributed by atoms with Gasteiger partial charge in [-0.05, 0) is 31.0 Å². The molecule has 0 N–H and O–H groups in total. The highest BCUT2D eigenvalue weighted by molar-refractivity contribution is 7.92. The third kappa shape index (κ3) is 4.67. The van der Waals surface area contributed by atoms with Crippen LogP contribution in [0.25, 0.3) is 0 Å². The predicted molar refractivity (Wildman–Crippen MR) is 75.6 cm³/mol. The molecule has 0 aliphatic rings. The lowest BCUT2D eigenvalue weighted by Crippen LogP contribution is -2.19. The number of benzene rings is 1. The Morgan fingerprint density at radius 3 is 2.58 bits per heavy atom. The first-order valence-corrected chi connectivity index (χ1v) is 8.10. The summed E-state index contributed by atoms with van der Waals surface area (Å²) in [5.74, 6) is -0.376. The van der Waals surface area contributed by atoms with Crippen LogP contribution in [0.1, 0.15) is 35.7 Å². The number of hydrogen-bond acceptors (Lipinski definition) is 4. The smallest absolute Gasteiger partial charge is 0.181 e. The van der Waals surface area contributed by atoms with E-state index >= 15 is 0 Å². The van der Waals surface area contributed by atoms with Gasteiger partial charge < -0.3 is 4.74 Å². The largest absolute Gasteiger partial charge is 0.496 e. The Morgan fingerprint density at radius 2 is 2.00 bits per heavy atom. The Bertz CT molecular complexity index is 547. The molecule has 0 saturated heterocycles. The summed E-state index contributed by atoms with van der Waals surface area (Å²) in [5.41, 5.74) is 1.29. The molecule has 106 valence electrons. The quantitative estimate of drug-likeness (QED) is 0.721. The number of carbonyl (C=O) groups excluding carboxylic acids is 1. The van der Waals surface area contributed by atoms with E-state index in [-0.39, 0.29) is 5.75 Å². The Kier molecular flexibility index (Phi) is 5.54. The molecule has 1 aromatic rings. The van der Waals surface area contributed by atoms with Gasteiger partial charge in [0.15, 0.2) is 15.6 Å². The second kappa shape index (κ2) is 6.70. The van der Waals surface area contributed by atoms with Crippen molar-refractivity contribution in [3.8, 4) is 5.75 Å². The van der Waals surface area contributed by atoms with Crippen LogP contribution in [0.2, 0.25) is 0 Å². The molecule has 0 aliphatic heterocycles. The molecule has 1 aromatic carbocycles. The lowest BCUT2D eigenvalue weighted by atomic mass is 10.1. The van der Waals surface area contributed by atoms with E-state index in [1.54, 1.807) is 18.2 Å². The third-order valence-electron chi connectivity index (χ3n) is 2.82. The maximum atomic E-state index is 12.1. The first-order chi connectivity index (χ1) is 8.89. The van der Waals surface area contributed by atoms with Crippen molar-refractivity contribution in [3.63, 3.8) is 0 Å². The van der Waals surface area contributed by atoms with Crippen LogP contribution in [0.3, 0.4) is 0 Å². The lowest BCUT2D eigenvalue weighted by molar-refractivity contribution is 0.101. The molecule has 0 spiro atoms. The molecule has 0 amide bonds. The average Bonchev–Trinajstić information content (AvgIpc) is 2.35. The van der Waals surface area contributed by atoms with E-state index in [1.807, 2.05) is 13.8 Å². The summed E-state index contributed by atoms with van der Waals surface area (Å²) in [6, 6.07) is 5.12. The number of ketones is 1. The highest BCUT2D eigenvalue weighted by Crippen LogP contribution is 2.21. The van der Waals surface area contributed by atoms with Crippen molar-refractivity contribution in [2.24, 2.45) is 0 Å². The molecule has 4 nitrogen and oxygen atoms in total. The second-order valence-corrected chi connectivity index (χ2v) is 6.76. The van der Waals surface area contributed by atoms with Gasteiger partial charge in [0.2, 0.25) is 0 Å². The molecular weight excluding hydrogens is 264 g/mol. The topological polar surface area (TPSA) is 60.4 Å². The molecular formula is C14H20O4S. The molecule has 0 atom stereocenters. The van der Waals surface area contributed by atoms with Crippen molar-refractivity contribution < 1.29 is 17.9 Å². The minimum Gasteiger partial charge on any atom is -0.496 e. The van der Waals surface area contributed by atoms with Crippen LogP contribution >= 0.6 is 0 Å². The monoisotopic (exact) mass is 284 g/mol. The maximum Gasteiger partial charge on any atom is 0.181 e. The summed E-state index contributed by atoms with van der Waals surface area (Å²) in [4.78, 5) is 12.1. The minimum absolute atomic E-state index is 0.0589. The number of Topliss-reactive ketones (excluding diaryl/α,β-unsaturated/α-hetero) is 1. The van der Waals surface area contributed by atoms with E-state index in [0.717, 1.165) is 12.0 Å². The van der Waals surface area contributed by atoms with Crippen molar-refractivity contribution in [2.75, 3.05) is 18.6 Å². The predicted octanol–water partition coefficient (Wildman–Crippen LogP) is 2.40. The SMILES string of the molecule is CCCCS(=O)(=O)CC(=O)c1ccc(C)cc1OC. The second-order valence-electron chi connectivity index (χ2n) is 4.57. The van der Waals surface area contributed by atoms with Crippen LogP contribution in [0.5, 0.6) is 5.75 Å². The Labute approximate surface area is 114 Å². The molecule has 1 rings (SSSR count). The number of aryl methyl sites for hydroxylation is 1. The molecule has 0 fully saturated rings. The summed E-state index contributed by atoms with van der Waals surface area (Å²) < 4.78 is 28.7. The number of methoxy groups -OCH3 is 1. The van der Waals surface area contributed by atoms with Gasteiger partial charge in [-0.1, -0.05) is 19.4 Å². The van der Waals surface area contributed by atoms with Crippen LogP contribution in [0, 0.1) is 6.92 Å². The minimum atomic E-state index is -3.33. The van der Waals surface area contributed by atoms with E-state index in [9.17, 15) is 13.2 Å². The van der Waals surface area contributed by atoms with Gasteiger partial charge in [-0.15, -0.1) is 0 Å². The fraction of sp³-hybridized carbons (Fsp3) is 0.500. The third-order valence-corrected chi connectivity index (χ3v) is 4.43. The average molecular weight is 284 g/mol. The summed E-state index contributed by atoms with van der Waals surface area (Å²) >= 11 is 0. The summed E-state index contributed by atoms with van der Waals surface area (Å²) in [7, 11) is -1.86. The Balaban J connectivity index is 2.90. The molecule has 0 bridgehead atoms. The van der Waals surface area contributed by atoms with E-state index in [1.165, 1.54) is 7.11 Å². The molecule has 0 aromatic heterocycles. The van der Waals surface area contributed by atoms with E-state index in [0.29, 0.717) is 17.7 Å². The van der Waals surface area contributed by atoms with Crippen LogP contribution in [0.15, 0.2) is 18.2 Å². The molecule has 0 heterocycles. The maximum absolute atomic E-state index is 12.1. The van der Waals surface area contributed by atoms with Crippen LogP contribution in [-0.2, 0) is 9.84 Å². The lowest BCUT2D eigenvalue weighted by Gasteiger charge is -2.09. The van der Waals surface area contributed by atoms with E-state index in [4.69, 9.17) is 4.74 Å². The number of rotatable bonds is 7. The zero-order chi connectivity index (χ0) is 14.5. The first-order valence-electron chi connectivity index (χ1n) is 6.28. The number of carbonyl (C=O) groups is 1. The van der Waals surface area contributed by atoms with Crippen molar-refractivity contribution in [1.82, 2.24) is 0 Å². The molecule has 0 saturated carbocycles. The van der Waals surface area contributed by atoms with Gasteiger partial charge in [-0.3, -0.25) is 4.79 Å². The van der Waals surface area contributed by atoms with Crippen molar-refractivity contribution >= 4 is 15.6 Å². The highest BCUT2D eigenvalue weighted by atomic mass is 32.2. The highest BCUT2D eigenvalue weighted by Gasteiger charge is 2.20. The van der Waals surface area contributed by atoms with Gasteiger partial charge in [0.05, 0.1) is 18.4 Å². The van der Waals surface area contributed by atoms with Crippen molar-refractivity contribution in [3.05, 3.63) is 29.3 Å². The van der Waals surface area contributed by atoms with Gasteiger partial charge in [0.1, 0.15) is 11.5 Å². The zero-order valence-electron chi connectivity index (χ0n) is 11.6. The molecule has 19 heavy (non-hydrogen) atoms. The Morgan fingerprint density at radius 1 is 1.32 bits per heavy atom. The molecule has 0 aliphatic carbocycles. The van der Waals surface area contributed by atoms with E-state index in [2.05, 4.69) is 0 Å². The number of sulfone groups is 1. The number of unbranched alkanes of at least 4 members (excludes halogenated alkanes) is 1. The summed E-state index contributed by atoms with van der Waals surface area (Å²) in [6.45, 7) is 3.80. The van der Waals surface area contributed by atoms with Gasteiger partial charge in [0.25, 0.3) is 0 Å². The molecule has 0 unspecified atom stereocenters. The van der Waals surface area contributed by atoms with E-state index < -0.39 is 21.4 Å². The van der Waals surface area contributed by atoms with Crippen molar-refractivity contribution in [2.45, 2.75) is 26.7 Å². The van der Waals surface area contributed by atoms with Gasteiger partial charge >= 0.3 is 0 Å². The molecule has 0 radical (unpaired) electrons. The van der Waals surface area contributed by atoms with Crippen LogP contribution in [-0.4, -0.2) is 32.8 Å². The fourth-order valence-corrected chi connectivity index (χ4v) is 3.17. The van der Waals surface area contributed by atoms with Crippen LogP contribution < -0.4 is 4.74 Å². The van der Waals surface area contributed by atoms with Crippen LogP contribution in [0.4, 0.5) is 0 Å². The zero-order valence-corrected chi connectivity index (χ0v) is 12.4. The summed E-state index contributed by atoms with van der Waals surface area (Å²) in [6.07, 6.45) is 1.38. The summed E-state index contributed by atoms with van der Waals surface area (Å²) in [5, 5.41) is 0. The Hall–Kier alpha value is -1.36. The van der Waals surface area contributed by atoms with Crippen molar-refractivity contribution in [1.29, 1.82) is 0 Å². The van der Waals surface area contributed by atoms with Gasteiger partial charge in [0, 0.05) is 0 Å².